The predicted octanol–water partition coefficient (Wildman–Crippen LogP) is 3.47. The summed E-state index contributed by atoms with van der Waals surface area (Å²) in [6, 6.07) is 0.402. The molecule has 0 heterocycles. The molecule has 0 aromatic carbocycles. The molecule has 0 spiro atoms. The number of rotatable bonds is 7. The van der Waals surface area contributed by atoms with Crippen LogP contribution in [-0.2, 0) is 4.79 Å². The molecule has 3 heteroatoms. The van der Waals surface area contributed by atoms with Gasteiger partial charge in [0.25, 0.3) is 0 Å². The Balaban J connectivity index is 2.27. The van der Waals surface area contributed by atoms with E-state index in [1.807, 2.05) is 0 Å². The van der Waals surface area contributed by atoms with Crippen molar-refractivity contribution in [3.05, 3.63) is 0 Å². The molecule has 0 aliphatic heterocycles. The van der Waals surface area contributed by atoms with Crippen molar-refractivity contribution in [3.63, 3.8) is 0 Å². The molecule has 1 atom stereocenters. The SMILES string of the molecule is CCC(C)(C)C1CCC(NC(=O)CCC(C)CN)CC1. The zero-order chi connectivity index (χ0) is 15.2. The van der Waals surface area contributed by atoms with Crippen LogP contribution in [0.5, 0.6) is 0 Å². The molecule has 1 aliphatic rings. The lowest BCUT2D eigenvalue weighted by Crippen LogP contribution is -2.40. The second-order valence-electron chi connectivity index (χ2n) is 7.34. The molecule has 1 rings (SSSR count). The topological polar surface area (TPSA) is 55.1 Å². The Morgan fingerprint density at radius 2 is 1.90 bits per heavy atom. The summed E-state index contributed by atoms with van der Waals surface area (Å²) < 4.78 is 0. The Kier molecular flexibility index (Phi) is 7.01. The molecular formula is C17H34N2O. The molecule has 1 fully saturated rings. The van der Waals surface area contributed by atoms with E-state index in [9.17, 15) is 4.79 Å². The van der Waals surface area contributed by atoms with Crippen LogP contribution in [0.25, 0.3) is 0 Å². The molecule has 1 aliphatic carbocycles. The van der Waals surface area contributed by atoms with Crippen LogP contribution in [-0.4, -0.2) is 18.5 Å². The lowest BCUT2D eigenvalue weighted by Gasteiger charge is -2.39. The van der Waals surface area contributed by atoms with Gasteiger partial charge in [0.15, 0.2) is 0 Å². The molecule has 0 saturated heterocycles. The molecule has 118 valence electrons. The molecule has 3 N–H and O–H groups in total. The smallest absolute Gasteiger partial charge is 0.220 e. The fourth-order valence-corrected chi connectivity index (χ4v) is 3.10. The zero-order valence-corrected chi connectivity index (χ0v) is 13.9. The fourth-order valence-electron chi connectivity index (χ4n) is 3.10. The standard InChI is InChI=1S/C17H34N2O/c1-5-17(3,4)14-7-9-15(10-8-14)19-16(20)11-6-13(2)12-18/h13-15H,5-12,18H2,1-4H3,(H,19,20). The number of hydrogen-bond donors (Lipinski definition) is 2. The van der Waals surface area contributed by atoms with E-state index in [4.69, 9.17) is 5.73 Å². The van der Waals surface area contributed by atoms with Crippen molar-refractivity contribution >= 4 is 5.91 Å². The van der Waals surface area contributed by atoms with E-state index in [1.165, 1.54) is 19.3 Å². The highest BCUT2D eigenvalue weighted by Gasteiger charge is 2.32. The van der Waals surface area contributed by atoms with Crippen molar-refractivity contribution in [2.24, 2.45) is 23.0 Å². The van der Waals surface area contributed by atoms with Crippen LogP contribution in [0.15, 0.2) is 0 Å². The first-order chi connectivity index (χ1) is 9.39. The van der Waals surface area contributed by atoms with Crippen molar-refractivity contribution < 1.29 is 4.79 Å². The predicted molar refractivity (Wildman–Crippen MR) is 85.4 cm³/mol. The van der Waals surface area contributed by atoms with Crippen molar-refractivity contribution in [2.75, 3.05) is 6.54 Å². The summed E-state index contributed by atoms with van der Waals surface area (Å²) in [6.45, 7) is 9.82. The minimum Gasteiger partial charge on any atom is -0.353 e. The monoisotopic (exact) mass is 282 g/mol. The lowest BCUT2D eigenvalue weighted by molar-refractivity contribution is -0.122. The maximum atomic E-state index is 11.9. The third-order valence-electron chi connectivity index (χ3n) is 5.38. The Labute approximate surface area is 125 Å². The molecule has 1 amide bonds. The van der Waals surface area contributed by atoms with Crippen LogP contribution in [0.2, 0.25) is 0 Å². The average molecular weight is 282 g/mol. The molecule has 0 bridgehead atoms. The first-order valence-corrected chi connectivity index (χ1v) is 8.38. The summed E-state index contributed by atoms with van der Waals surface area (Å²) in [5.74, 6) is 1.48. The lowest BCUT2D eigenvalue weighted by atomic mass is 9.69. The quantitative estimate of drug-likeness (QED) is 0.751. The summed E-state index contributed by atoms with van der Waals surface area (Å²) in [6.07, 6.45) is 7.57. The van der Waals surface area contributed by atoms with Crippen LogP contribution >= 0.6 is 0 Å². The minimum atomic E-state index is 0.212. The molecule has 0 aromatic rings. The maximum Gasteiger partial charge on any atom is 0.220 e. The molecule has 20 heavy (non-hydrogen) atoms. The summed E-state index contributed by atoms with van der Waals surface area (Å²) in [4.78, 5) is 11.9. The van der Waals surface area contributed by atoms with Gasteiger partial charge in [0.2, 0.25) is 5.91 Å². The van der Waals surface area contributed by atoms with Gasteiger partial charge in [-0.1, -0.05) is 34.1 Å². The number of carbonyl (C=O) groups excluding carboxylic acids is 1. The first-order valence-electron chi connectivity index (χ1n) is 8.38. The summed E-state index contributed by atoms with van der Waals surface area (Å²) in [7, 11) is 0. The van der Waals surface area contributed by atoms with Gasteiger partial charge in [-0.3, -0.25) is 4.79 Å². The van der Waals surface area contributed by atoms with Gasteiger partial charge in [-0.2, -0.15) is 0 Å². The molecular weight excluding hydrogens is 248 g/mol. The number of nitrogens with two attached hydrogens (primary N) is 1. The van der Waals surface area contributed by atoms with Crippen molar-refractivity contribution in [1.82, 2.24) is 5.32 Å². The second-order valence-corrected chi connectivity index (χ2v) is 7.34. The average Bonchev–Trinajstić information content (AvgIpc) is 2.45. The molecule has 1 saturated carbocycles. The fraction of sp³-hybridized carbons (Fsp3) is 0.941. The Hall–Kier alpha value is -0.570. The third-order valence-corrected chi connectivity index (χ3v) is 5.38. The van der Waals surface area contributed by atoms with Crippen molar-refractivity contribution in [3.8, 4) is 0 Å². The van der Waals surface area contributed by atoms with E-state index in [-0.39, 0.29) is 5.91 Å². The van der Waals surface area contributed by atoms with E-state index < -0.39 is 0 Å². The summed E-state index contributed by atoms with van der Waals surface area (Å²) in [5, 5.41) is 3.21. The highest BCUT2D eigenvalue weighted by Crippen LogP contribution is 2.40. The Bertz CT molecular complexity index is 293. The van der Waals surface area contributed by atoms with Gasteiger partial charge in [-0.15, -0.1) is 0 Å². The van der Waals surface area contributed by atoms with Crippen LogP contribution in [0.3, 0.4) is 0 Å². The van der Waals surface area contributed by atoms with Gasteiger partial charge < -0.3 is 11.1 Å². The van der Waals surface area contributed by atoms with Gasteiger partial charge in [0.1, 0.15) is 0 Å². The number of nitrogens with one attached hydrogen (secondary N) is 1. The number of carbonyl (C=O) groups is 1. The maximum absolute atomic E-state index is 11.9. The second kappa shape index (κ2) is 8.02. The van der Waals surface area contributed by atoms with Gasteiger partial charge in [-0.25, -0.2) is 0 Å². The van der Waals surface area contributed by atoms with E-state index >= 15 is 0 Å². The molecule has 0 aromatic heterocycles. The van der Waals surface area contributed by atoms with Gasteiger partial charge >= 0.3 is 0 Å². The van der Waals surface area contributed by atoms with Crippen LogP contribution in [0, 0.1) is 17.3 Å². The molecule has 0 radical (unpaired) electrons. The van der Waals surface area contributed by atoms with E-state index in [0.717, 1.165) is 25.2 Å². The van der Waals surface area contributed by atoms with Crippen molar-refractivity contribution in [2.45, 2.75) is 78.7 Å². The van der Waals surface area contributed by atoms with Gasteiger partial charge in [0, 0.05) is 12.5 Å². The highest BCUT2D eigenvalue weighted by molar-refractivity contribution is 5.76. The van der Waals surface area contributed by atoms with Crippen molar-refractivity contribution in [1.29, 1.82) is 0 Å². The highest BCUT2D eigenvalue weighted by atomic mass is 16.1. The van der Waals surface area contributed by atoms with Crippen LogP contribution in [0.4, 0.5) is 0 Å². The van der Waals surface area contributed by atoms with Gasteiger partial charge in [-0.05, 0) is 55.9 Å². The van der Waals surface area contributed by atoms with Crippen LogP contribution in [0.1, 0.15) is 72.6 Å². The number of hydrogen-bond acceptors (Lipinski definition) is 2. The third kappa shape index (κ3) is 5.43. The largest absolute Gasteiger partial charge is 0.353 e. The Morgan fingerprint density at radius 1 is 1.30 bits per heavy atom. The van der Waals surface area contributed by atoms with Gasteiger partial charge in [0.05, 0.1) is 0 Å². The first kappa shape index (κ1) is 17.5. The van der Waals surface area contributed by atoms with E-state index in [0.29, 0.717) is 30.3 Å². The normalized spacial score (nSPS) is 25.2. The number of amides is 1. The summed E-state index contributed by atoms with van der Waals surface area (Å²) >= 11 is 0. The minimum absolute atomic E-state index is 0.212. The summed E-state index contributed by atoms with van der Waals surface area (Å²) in [5.41, 5.74) is 6.03. The molecule has 3 nitrogen and oxygen atoms in total. The van der Waals surface area contributed by atoms with E-state index in [1.54, 1.807) is 0 Å². The van der Waals surface area contributed by atoms with Crippen LogP contribution < -0.4 is 11.1 Å². The van der Waals surface area contributed by atoms with E-state index in [2.05, 4.69) is 33.0 Å². The zero-order valence-electron chi connectivity index (χ0n) is 13.9. The Morgan fingerprint density at radius 3 is 2.40 bits per heavy atom. The molecule has 1 unspecified atom stereocenters.